The summed E-state index contributed by atoms with van der Waals surface area (Å²) in [5.41, 5.74) is 1.72. The van der Waals surface area contributed by atoms with Crippen molar-refractivity contribution in [3.63, 3.8) is 0 Å². The summed E-state index contributed by atoms with van der Waals surface area (Å²) in [5, 5.41) is 21.8. The van der Waals surface area contributed by atoms with Crippen LogP contribution >= 0.6 is 0 Å². The second-order valence-corrected chi connectivity index (χ2v) is 5.26. The van der Waals surface area contributed by atoms with E-state index in [0.717, 1.165) is 37.3 Å². The summed E-state index contributed by atoms with van der Waals surface area (Å²) in [6.07, 6.45) is 0.748. The molecule has 0 radical (unpaired) electrons. The van der Waals surface area contributed by atoms with Gasteiger partial charge in [0.1, 0.15) is 6.07 Å². The van der Waals surface area contributed by atoms with Gasteiger partial charge in [-0.2, -0.15) is 5.26 Å². The first-order valence-electron chi connectivity index (χ1n) is 6.83. The first kappa shape index (κ1) is 13.9. The van der Waals surface area contributed by atoms with Crippen LogP contribution < -0.4 is 10.2 Å². The van der Waals surface area contributed by atoms with E-state index in [0.29, 0.717) is 5.92 Å². The van der Waals surface area contributed by atoms with Gasteiger partial charge >= 0.3 is 0 Å². The second-order valence-electron chi connectivity index (χ2n) is 5.26. The Kier molecular flexibility index (Phi) is 4.78. The number of aliphatic hydroxyl groups is 1. The van der Waals surface area contributed by atoms with Crippen molar-refractivity contribution in [2.24, 2.45) is 5.92 Å². The fourth-order valence-electron chi connectivity index (χ4n) is 2.60. The first-order chi connectivity index (χ1) is 9.24. The molecule has 1 aliphatic rings. The maximum absolute atomic E-state index is 9.22. The molecule has 1 aromatic rings. The molecule has 2 rings (SSSR count). The van der Waals surface area contributed by atoms with Gasteiger partial charge in [-0.15, -0.1) is 0 Å². The third-order valence-electron chi connectivity index (χ3n) is 3.57. The highest BCUT2D eigenvalue weighted by atomic mass is 16.3. The van der Waals surface area contributed by atoms with E-state index >= 15 is 0 Å². The number of anilines is 1. The molecule has 1 heterocycles. The maximum Gasteiger partial charge on any atom is 0.101 e. The second kappa shape index (κ2) is 6.55. The van der Waals surface area contributed by atoms with Crippen molar-refractivity contribution >= 4 is 5.69 Å². The number of benzene rings is 1. The summed E-state index contributed by atoms with van der Waals surface area (Å²) in [5.74, 6) is 0.524. The molecule has 0 aromatic heterocycles. The molecular weight excluding hydrogens is 238 g/mol. The summed E-state index contributed by atoms with van der Waals surface area (Å²) < 4.78 is 0. The summed E-state index contributed by atoms with van der Waals surface area (Å²) in [4.78, 5) is 2.27. The Hall–Kier alpha value is -1.57. The van der Waals surface area contributed by atoms with Crippen molar-refractivity contribution in [3.8, 4) is 6.07 Å². The zero-order chi connectivity index (χ0) is 13.7. The number of hydrogen-bond acceptors (Lipinski definition) is 4. The van der Waals surface area contributed by atoms with Crippen LogP contribution in [0.15, 0.2) is 24.3 Å². The van der Waals surface area contributed by atoms with E-state index < -0.39 is 0 Å². The highest BCUT2D eigenvalue weighted by Gasteiger charge is 2.22. The number of para-hydroxylation sites is 1. The summed E-state index contributed by atoms with van der Waals surface area (Å²) in [6.45, 7) is 5.13. The quantitative estimate of drug-likeness (QED) is 0.860. The van der Waals surface area contributed by atoms with Crippen LogP contribution in [0.25, 0.3) is 0 Å². The largest absolute Gasteiger partial charge is 0.396 e. The molecule has 0 bridgehead atoms. The maximum atomic E-state index is 9.22. The average Bonchev–Trinajstić information content (AvgIpc) is 2.61. The monoisotopic (exact) mass is 259 g/mol. The lowest BCUT2D eigenvalue weighted by Gasteiger charge is -2.27. The highest BCUT2D eigenvalue weighted by Crippen LogP contribution is 2.22. The fourth-order valence-corrected chi connectivity index (χ4v) is 2.60. The molecule has 1 aliphatic heterocycles. The van der Waals surface area contributed by atoms with Crippen molar-refractivity contribution in [2.75, 3.05) is 31.1 Å². The molecule has 0 amide bonds. The van der Waals surface area contributed by atoms with E-state index in [2.05, 4.69) is 23.2 Å². The molecule has 102 valence electrons. The minimum absolute atomic E-state index is 0.194. The van der Waals surface area contributed by atoms with Crippen LogP contribution in [0.1, 0.15) is 18.9 Å². The van der Waals surface area contributed by atoms with Gasteiger partial charge in [-0.1, -0.05) is 19.1 Å². The molecule has 1 saturated heterocycles. The Morgan fingerprint density at radius 2 is 2.21 bits per heavy atom. The molecule has 1 fully saturated rings. The Morgan fingerprint density at radius 1 is 1.42 bits per heavy atom. The predicted molar refractivity (Wildman–Crippen MR) is 76.0 cm³/mol. The molecule has 2 atom stereocenters. The van der Waals surface area contributed by atoms with Gasteiger partial charge in [-0.05, 0) is 31.0 Å². The number of rotatable bonds is 3. The van der Waals surface area contributed by atoms with Gasteiger partial charge in [0.25, 0.3) is 0 Å². The van der Waals surface area contributed by atoms with Crippen molar-refractivity contribution in [1.29, 1.82) is 5.26 Å². The van der Waals surface area contributed by atoms with Gasteiger partial charge < -0.3 is 15.3 Å². The summed E-state index contributed by atoms with van der Waals surface area (Å²) >= 11 is 0. The highest BCUT2D eigenvalue weighted by molar-refractivity contribution is 5.59. The average molecular weight is 259 g/mol. The van der Waals surface area contributed by atoms with Crippen molar-refractivity contribution in [1.82, 2.24) is 5.32 Å². The van der Waals surface area contributed by atoms with Crippen molar-refractivity contribution < 1.29 is 5.11 Å². The van der Waals surface area contributed by atoms with E-state index in [4.69, 9.17) is 5.11 Å². The number of nitrogens with zero attached hydrogens (tertiary/aromatic N) is 2. The van der Waals surface area contributed by atoms with Crippen LogP contribution in [0.5, 0.6) is 0 Å². The van der Waals surface area contributed by atoms with Crippen molar-refractivity contribution in [2.45, 2.75) is 19.4 Å². The van der Waals surface area contributed by atoms with Crippen LogP contribution in [0.3, 0.4) is 0 Å². The van der Waals surface area contributed by atoms with E-state index in [-0.39, 0.29) is 12.6 Å². The van der Waals surface area contributed by atoms with Gasteiger partial charge in [0.05, 0.1) is 11.3 Å². The van der Waals surface area contributed by atoms with Gasteiger partial charge in [-0.25, -0.2) is 0 Å². The van der Waals surface area contributed by atoms with Gasteiger partial charge in [0, 0.05) is 25.7 Å². The molecule has 0 spiro atoms. The number of hydrogen-bond donors (Lipinski definition) is 2. The predicted octanol–water partition coefficient (Wildman–Crippen LogP) is 1.35. The Morgan fingerprint density at radius 3 is 2.95 bits per heavy atom. The number of nitriles is 1. The van der Waals surface area contributed by atoms with E-state index in [9.17, 15) is 5.26 Å². The van der Waals surface area contributed by atoms with Crippen LogP contribution in [-0.4, -0.2) is 37.4 Å². The Balaban J connectivity index is 2.22. The van der Waals surface area contributed by atoms with E-state index in [1.807, 2.05) is 24.3 Å². The normalized spacial score (nSPS) is 23.7. The molecule has 0 saturated carbocycles. The van der Waals surface area contributed by atoms with Gasteiger partial charge in [0.2, 0.25) is 0 Å². The van der Waals surface area contributed by atoms with Gasteiger partial charge in [-0.3, -0.25) is 0 Å². The molecule has 1 aromatic carbocycles. The summed E-state index contributed by atoms with van der Waals surface area (Å²) in [6, 6.07) is 10.3. The SMILES string of the molecule is CC1CNC(CCO)CN(c2ccccc2C#N)C1. The van der Waals surface area contributed by atoms with Crippen LogP contribution in [0, 0.1) is 17.2 Å². The van der Waals surface area contributed by atoms with Crippen LogP contribution in [-0.2, 0) is 0 Å². The number of aliphatic hydroxyl groups excluding tert-OH is 1. The third-order valence-corrected chi connectivity index (χ3v) is 3.57. The number of nitrogens with one attached hydrogen (secondary N) is 1. The van der Waals surface area contributed by atoms with E-state index in [1.54, 1.807) is 0 Å². The minimum Gasteiger partial charge on any atom is -0.396 e. The van der Waals surface area contributed by atoms with Crippen LogP contribution in [0.4, 0.5) is 5.69 Å². The molecular formula is C15H21N3O. The fraction of sp³-hybridized carbons (Fsp3) is 0.533. The standard InChI is InChI=1S/C15H21N3O/c1-12-9-17-14(6-7-19)11-18(10-12)15-5-3-2-4-13(15)8-16/h2-5,12,14,17,19H,6-7,9-11H2,1H3. The zero-order valence-electron chi connectivity index (χ0n) is 11.3. The Bertz CT molecular complexity index is 455. The molecule has 4 nitrogen and oxygen atoms in total. The topological polar surface area (TPSA) is 59.3 Å². The minimum atomic E-state index is 0.194. The third kappa shape index (κ3) is 3.46. The first-order valence-corrected chi connectivity index (χ1v) is 6.83. The van der Waals surface area contributed by atoms with Gasteiger partial charge in [0.15, 0.2) is 0 Å². The lowest BCUT2D eigenvalue weighted by Crippen LogP contribution is -2.38. The lowest BCUT2D eigenvalue weighted by atomic mass is 10.1. The molecule has 19 heavy (non-hydrogen) atoms. The Labute approximate surface area is 114 Å². The van der Waals surface area contributed by atoms with Crippen molar-refractivity contribution in [3.05, 3.63) is 29.8 Å². The lowest BCUT2D eigenvalue weighted by molar-refractivity contribution is 0.266. The molecule has 2 N–H and O–H groups in total. The molecule has 4 heteroatoms. The smallest absolute Gasteiger partial charge is 0.101 e. The molecule has 0 aliphatic carbocycles. The van der Waals surface area contributed by atoms with E-state index in [1.165, 1.54) is 0 Å². The zero-order valence-corrected chi connectivity index (χ0v) is 11.3. The summed E-state index contributed by atoms with van der Waals surface area (Å²) in [7, 11) is 0. The molecule has 2 unspecified atom stereocenters. The van der Waals surface area contributed by atoms with Crippen LogP contribution in [0.2, 0.25) is 0 Å².